The van der Waals surface area contributed by atoms with Crippen LogP contribution < -0.4 is 14.8 Å². The molecule has 1 aromatic carbocycles. The fourth-order valence-corrected chi connectivity index (χ4v) is 2.89. The molecule has 1 aromatic heterocycles. The van der Waals surface area contributed by atoms with Gasteiger partial charge in [0.25, 0.3) is 0 Å². The Morgan fingerprint density at radius 1 is 1.04 bits per heavy atom. The third-order valence-electron chi connectivity index (χ3n) is 3.43. The van der Waals surface area contributed by atoms with E-state index in [9.17, 15) is 0 Å². The van der Waals surface area contributed by atoms with Gasteiger partial charge in [0.15, 0.2) is 11.5 Å². The van der Waals surface area contributed by atoms with Gasteiger partial charge in [0.05, 0.1) is 6.61 Å². The smallest absolute Gasteiger partial charge is 0.161 e. The normalized spacial score (nSPS) is 10.8. The second-order valence-corrected chi connectivity index (χ2v) is 6.34. The first-order valence-electron chi connectivity index (χ1n) is 8.52. The number of ether oxygens (including phenoxy) is 3. The second kappa shape index (κ2) is 11.1. The molecule has 0 amide bonds. The molecule has 0 fully saturated rings. The SMILES string of the molecule is CCOCCCNCc1ccc(OCc2cccs2)c(OCC)c1. The summed E-state index contributed by atoms with van der Waals surface area (Å²) in [6, 6.07) is 10.2. The molecule has 0 unspecified atom stereocenters. The first kappa shape index (κ1) is 18.8. The van der Waals surface area contributed by atoms with Gasteiger partial charge < -0.3 is 19.5 Å². The Labute approximate surface area is 148 Å². The minimum Gasteiger partial charge on any atom is -0.490 e. The van der Waals surface area contributed by atoms with Crippen molar-refractivity contribution in [3.63, 3.8) is 0 Å². The fraction of sp³-hybridized carbons (Fsp3) is 0.474. The Morgan fingerprint density at radius 3 is 2.71 bits per heavy atom. The molecule has 2 aromatic rings. The molecule has 1 heterocycles. The van der Waals surface area contributed by atoms with Gasteiger partial charge in [0, 0.05) is 24.6 Å². The van der Waals surface area contributed by atoms with E-state index in [2.05, 4.69) is 28.9 Å². The number of rotatable bonds is 12. The molecule has 0 aliphatic heterocycles. The molecule has 0 radical (unpaired) electrons. The van der Waals surface area contributed by atoms with Crippen molar-refractivity contribution in [1.82, 2.24) is 5.32 Å². The summed E-state index contributed by atoms with van der Waals surface area (Å²) in [6.45, 7) is 8.56. The number of thiophene rings is 1. The van der Waals surface area contributed by atoms with Crippen molar-refractivity contribution in [2.45, 2.75) is 33.4 Å². The molecule has 0 atom stereocenters. The zero-order valence-electron chi connectivity index (χ0n) is 14.5. The highest BCUT2D eigenvalue weighted by Crippen LogP contribution is 2.29. The predicted molar refractivity (Wildman–Crippen MR) is 99.1 cm³/mol. The van der Waals surface area contributed by atoms with E-state index in [0.717, 1.165) is 44.2 Å². The molecular formula is C19H27NO3S. The van der Waals surface area contributed by atoms with E-state index in [1.54, 1.807) is 11.3 Å². The van der Waals surface area contributed by atoms with Crippen LogP contribution in [0, 0.1) is 0 Å². The number of hydrogen-bond acceptors (Lipinski definition) is 5. The maximum absolute atomic E-state index is 5.91. The van der Waals surface area contributed by atoms with Gasteiger partial charge in [-0.25, -0.2) is 0 Å². The lowest BCUT2D eigenvalue weighted by Crippen LogP contribution is -2.16. The van der Waals surface area contributed by atoms with Crippen molar-refractivity contribution in [2.24, 2.45) is 0 Å². The van der Waals surface area contributed by atoms with Crippen LogP contribution in [0.5, 0.6) is 11.5 Å². The summed E-state index contributed by atoms with van der Waals surface area (Å²) in [5.74, 6) is 1.60. The predicted octanol–water partition coefficient (Wildman–Crippen LogP) is 4.24. The number of hydrogen-bond donors (Lipinski definition) is 1. The Kier molecular flexibility index (Phi) is 8.66. The van der Waals surface area contributed by atoms with Crippen LogP contribution in [0.1, 0.15) is 30.7 Å². The van der Waals surface area contributed by atoms with Gasteiger partial charge in [-0.1, -0.05) is 12.1 Å². The highest BCUT2D eigenvalue weighted by Gasteiger charge is 2.07. The van der Waals surface area contributed by atoms with Gasteiger partial charge in [-0.3, -0.25) is 0 Å². The standard InChI is InChI=1S/C19H27NO3S/c1-3-21-11-6-10-20-14-16-8-9-18(19(13-16)22-4-2)23-15-17-7-5-12-24-17/h5,7-9,12-13,20H,3-4,6,10-11,14-15H2,1-2H3. The zero-order valence-corrected chi connectivity index (χ0v) is 15.4. The second-order valence-electron chi connectivity index (χ2n) is 5.31. The first-order chi connectivity index (χ1) is 11.8. The lowest BCUT2D eigenvalue weighted by molar-refractivity contribution is 0.144. The van der Waals surface area contributed by atoms with E-state index in [1.165, 1.54) is 10.4 Å². The van der Waals surface area contributed by atoms with Crippen LogP contribution >= 0.6 is 11.3 Å². The molecule has 132 valence electrons. The van der Waals surface area contributed by atoms with Crippen molar-refractivity contribution >= 4 is 11.3 Å². The molecule has 0 spiro atoms. The summed E-state index contributed by atoms with van der Waals surface area (Å²) >= 11 is 1.70. The van der Waals surface area contributed by atoms with Crippen molar-refractivity contribution < 1.29 is 14.2 Å². The third kappa shape index (κ3) is 6.51. The monoisotopic (exact) mass is 349 g/mol. The quantitative estimate of drug-likeness (QED) is 0.582. The van der Waals surface area contributed by atoms with Gasteiger partial charge in [-0.15, -0.1) is 11.3 Å². The lowest BCUT2D eigenvalue weighted by Gasteiger charge is -2.13. The van der Waals surface area contributed by atoms with Crippen LogP contribution in [-0.2, 0) is 17.9 Å². The van der Waals surface area contributed by atoms with E-state index in [4.69, 9.17) is 14.2 Å². The third-order valence-corrected chi connectivity index (χ3v) is 4.28. The molecule has 4 nitrogen and oxygen atoms in total. The maximum atomic E-state index is 5.91. The van der Waals surface area contributed by atoms with Crippen LogP contribution in [0.25, 0.3) is 0 Å². The fourth-order valence-electron chi connectivity index (χ4n) is 2.27. The number of benzene rings is 1. The summed E-state index contributed by atoms with van der Waals surface area (Å²) in [6.07, 6.45) is 1.02. The first-order valence-corrected chi connectivity index (χ1v) is 9.40. The van der Waals surface area contributed by atoms with Gasteiger partial charge in [-0.2, -0.15) is 0 Å². The molecule has 2 rings (SSSR count). The molecule has 0 bridgehead atoms. The van der Waals surface area contributed by atoms with E-state index in [0.29, 0.717) is 13.2 Å². The molecule has 24 heavy (non-hydrogen) atoms. The van der Waals surface area contributed by atoms with E-state index in [-0.39, 0.29) is 0 Å². The summed E-state index contributed by atoms with van der Waals surface area (Å²) in [5, 5.41) is 5.49. The van der Waals surface area contributed by atoms with Gasteiger partial charge >= 0.3 is 0 Å². The Balaban J connectivity index is 1.85. The Bertz CT molecular complexity index is 572. The zero-order chi connectivity index (χ0) is 17.0. The molecule has 0 saturated heterocycles. The molecule has 5 heteroatoms. The summed E-state index contributed by atoms with van der Waals surface area (Å²) in [7, 11) is 0. The van der Waals surface area contributed by atoms with Crippen LogP contribution in [0.2, 0.25) is 0 Å². The maximum Gasteiger partial charge on any atom is 0.161 e. The van der Waals surface area contributed by atoms with E-state index < -0.39 is 0 Å². The molecular weight excluding hydrogens is 322 g/mol. The van der Waals surface area contributed by atoms with Crippen molar-refractivity contribution in [3.8, 4) is 11.5 Å². The van der Waals surface area contributed by atoms with Gasteiger partial charge in [-0.05, 0) is 56.0 Å². The van der Waals surface area contributed by atoms with E-state index in [1.807, 2.05) is 26.0 Å². The molecule has 0 aliphatic rings. The van der Waals surface area contributed by atoms with Gasteiger partial charge in [0.2, 0.25) is 0 Å². The van der Waals surface area contributed by atoms with Crippen LogP contribution in [-0.4, -0.2) is 26.4 Å². The van der Waals surface area contributed by atoms with Crippen molar-refractivity contribution in [3.05, 3.63) is 46.2 Å². The van der Waals surface area contributed by atoms with Crippen molar-refractivity contribution in [2.75, 3.05) is 26.4 Å². The largest absolute Gasteiger partial charge is 0.490 e. The summed E-state index contributed by atoms with van der Waals surface area (Å²) in [5.41, 5.74) is 1.19. The van der Waals surface area contributed by atoms with E-state index >= 15 is 0 Å². The summed E-state index contributed by atoms with van der Waals surface area (Å²) in [4.78, 5) is 1.21. The Morgan fingerprint density at radius 2 is 1.96 bits per heavy atom. The molecule has 0 aliphatic carbocycles. The Hall–Kier alpha value is -1.56. The van der Waals surface area contributed by atoms with Crippen LogP contribution in [0.3, 0.4) is 0 Å². The highest BCUT2D eigenvalue weighted by atomic mass is 32.1. The topological polar surface area (TPSA) is 39.7 Å². The minimum atomic E-state index is 0.576. The van der Waals surface area contributed by atoms with Crippen LogP contribution in [0.15, 0.2) is 35.7 Å². The minimum absolute atomic E-state index is 0.576. The average Bonchev–Trinajstić information content (AvgIpc) is 3.11. The molecule has 0 saturated carbocycles. The number of nitrogens with one attached hydrogen (secondary N) is 1. The van der Waals surface area contributed by atoms with Crippen LogP contribution in [0.4, 0.5) is 0 Å². The summed E-state index contributed by atoms with van der Waals surface area (Å²) < 4.78 is 17.0. The van der Waals surface area contributed by atoms with Gasteiger partial charge in [0.1, 0.15) is 6.61 Å². The lowest BCUT2D eigenvalue weighted by atomic mass is 10.2. The van der Waals surface area contributed by atoms with Crippen molar-refractivity contribution in [1.29, 1.82) is 0 Å². The molecule has 1 N–H and O–H groups in total. The average molecular weight is 349 g/mol. The highest BCUT2D eigenvalue weighted by molar-refractivity contribution is 7.09.